The van der Waals surface area contributed by atoms with Gasteiger partial charge in [0.1, 0.15) is 17.5 Å². The highest BCUT2D eigenvalue weighted by molar-refractivity contribution is 7.92. The number of halogens is 2. The van der Waals surface area contributed by atoms with Crippen LogP contribution < -0.4 is 9.46 Å². The summed E-state index contributed by atoms with van der Waals surface area (Å²) in [7, 11) is -4.26. The summed E-state index contributed by atoms with van der Waals surface area (Å²) in [6.07, 6.45) is 3.53. The molecule has 12 nitrogen and oxygen atoms in total. The molecule has 1 saturated heterocycles. The molecular formula is C33H28F2N8O4S2. The molecule has 1 aliphatic heterocycles. The summed E-state index contributed by atoms with van der Waals surface area (Å²) < 4.78 is 66.7. The number of fused-ring (bicyclic) bond motifs is 1. The second-order valence-electron chi connectivity index (χ2n) is 11.3. The molecule has 6 aromatic rings. The molecule has 3 aromatic heterocycles. The van der Waals surface area contributed by atoms with Crippen molar-refractivity contribution in [3.63, 3.8) is 0 Å². The minimum absolute atomic E-state index is 0.0180. The molecule has 0 radical (unpaired) electrons. The fourth-order valence-corrected chi connectivity index (χ4v) is 6.88. The summed E-state index contributed by atoms with van der Waals surface area (Å²) in [5.41, 5.74) is 1.49. The summed E-state index contributed by atoms with van der Waals surface area (Å²) in [6, 6.07) is 19.1. The summed E-state index contributed by atoms with van der Waals surface area (Å²) in [5.74, 6) is -1.39. The van der Waals surface area contributed by atoms with Gasteiger partial charge >= 0.3 is 0 Å². The Morgan fingerprint density at radius 1 is 1.04 bits per heavy atom. The molecule has 1 aliphatic rings. The van der Waals surface area contributed by atoms with E-state index in [9.17, 15) is 13.2 Å². The van der Waals surface area contributed by atoms with Gasteiger partial charge < -0.3 is 9.64 Å². The number of hydrogen-bond donors (Lipinski definition) is 3. The quantitative estimate of drug-likeness (QED) is 0.164. The molecule has 1 atom stereocenters. The Bertz CT molecular complexity index is 2280. The van der Waals surface area contributed by atoms with Gasteiger partial charge in [-0.15, -0.1) is 10.2 Å². The molecule has 250 valence electrons. The average molecular weight is 703 g/mol. The first-order valence-corrected chi connectivity index (χ1v) is 17.3. The normalized spacial score (nSPS) is 14.8. The van der Waals surface area contributed by atoms with Gasteiger partial charge in [0.15, 0.2) is 17.3 Å². The summed E-state index contributed by atoms with van der Waals surface area (Å²) in [4.78, 5) is 18.3. The molecule has 49 heavy (non-hydrogen) atoms. The smallest absolute Gasteiger partial charge is 0.262 e. The number of amides is 1. The fourth-order valence-electron chi connectivity index (χ4n) is 5.59. The van der Waals surface area contributed by atoms with Crippen molar-refractivity contribution >= 4 is 45.3 Å². The summed E-state index contributed by atoms with van der Waals surface area (Å²) in [5, 5.41) is 15.6. The van der Waals surface area contributed by atoms with Crippen LogP contribution in [0.1, 0.15) is 12.8 Å². The van der Waals surface area contributed by atoms with Gasteiger partial charge in [-0.2, -0.15) is 12.6 Å². The van der Waals surface area contributed by atoms with Gasteiger partial charge in [0.2, 0.25) is 11.8 Å². The number of carbonyl (C=O) groups is 1. The van der Waals surface area contributed by atoms with Crippen molar-refractivity contribution in [2.45, 2.75) is 23.8 Å². The number of benzene rings is 3. The minimum atomic E-state index is -4.26. The molecule has 4 heterocycles. The number of aromatic nitrogens is 6. The van der Waals surface area contributed by atoms with Crippen LogP contribution in [0.3, 0.4) is 0 Å². The van der Waals surface area contributed by atoms with Gasteiger partial charge in [-0.05, 0) is 47.2 Å². The molecule has 1 fully saturated rings. The molecule has 3 aromatic carbocycles. The molecule has 0 aliphatic carbocycles. The second-order valence-corrected chi connectivity index (χ2v) is 13.4. The maximum Gasteiger partial charge on any atom is 0.262 e. The van der Waals surface area contributed by atoms with Gasteiger partial charge in [-0.25, -0.2) is 26.9 Å². The molecule has 1 amide bonds. The third-order valence-corrected chi connectivity index (χ3v) is 9.65. The molecule has 16 heteroatoms. The van der Waals surface area contributed by atoms with Crippen LogP contribution in [0.4, 0.5) is 14.5 Å². The number of anilines is 1. The maximum atomic E-state index is 15.8. The topological polar surface area (TPSA) is 148 Å². The van der Waals surface area contributed by atoms with Crippen LogP contribution in [0.5, 0.6) is 5.88 Å². The number of aromatic amines is 1. The number of rotatable bonds is 10. The zero-order chi connectivity index (χ0) is 34.1. The van der Waals surface area contributed by atoms with Crippen molar-refractivity contribution in [3.05, 3.63) is 96.8 Å². The maximum absolute atomic E-state index is 15.8. The first-order valence-electron chi connectivity index (χ1n) is 15.2. The predicted molar refractivity (Wildman–Crippen MR) is 181 cm³/mol. The minimum Gasteiger partial charge on any atom is -0.471 e. The number of carbonyl (C=O) groups excluding carboxylic acids is 1. The van der Waals surface area contributed by atoms with Crippen LogP contribution in [-0.4, -0.2) is 74.3 Å². The molecule has 2 N–H and O–H groups in total. The van der Waals surface area contributed by atoms with Crippen LogP contribution in [0.15, 0.2) is 90.1 Å². The molecule has 0 saturated carbocycles. The SMILES string of the molecule is O=C(CCS)N1CC[C@@H](Oc2n[nH]c3ncc(-c4cn(-c5c(F)ccc(NS(=O)(=O)c6cccc(-c7ccccc7)c6)c5F)nn4)cc23)C1. The highest BCUT2D eigenvalue weighted by atomic mass is 32.2. The van der Waals surface area contributed by atoms with Crippen LogP contribution in [0.2, 0.25) is 0 Å². The van der Waals surface area contributed by atoms with Crippen LogP contribution >= 0.6 is 12.6 Å². The van der Waals surface area contributed by atoms with E-state index in [4.69, 9.17) is 4.74 Å². The molecular weight excluding hydrogens is 675 g/mol. The van der Waals surface area contributed by atoms with E-state index in [-0.39, 0.29) is 28.5 Å². The molecule has 0 bridgehead atoms. The zero-order valence-corrected chi connectivity index (χ0v) is 27.3. The zero-order valence-electron chi connectivity index (χ0n) is 25.6. The van der Waals surface area contributed by atoms with E-state index in [0.29, 0.717) is 53.8 Å². The van der Waals surface area contributed by atoms with E-state index in [0.717, 1.165) is 22.4 Å². The number of pyridine rings is 1. The fraction of sp³-hybridized carbons (Fsp3) is 0.182. The lowest BCUT2D eigenvalue weighted by Gasteiger charge is -2.16. The van der Waals surface area contributed by atoms with Gasteiger partial charge in [-0.3, -0.25) is 14.6 Å². The van der Waals surface area contributed by atoms with Gasteiger partial charge in [0, 0.05) is 31.1 Å². The predicted octanol–water partition coefficient (Wildman–Crippen LogP) is 5.25. The number of sulfonamides is 1. The Morgan fingerprint density at radius 3 is 2.67 bits per heavy atom. The number of likely N-dealkylation sites (tertiary alicyclic amines) is 1. The number of H-pyrrole nitrogens is 1. The van der Waals surface area contributed by atoms with Crippen molar-refractivity contribution in [3.8, 4) is 34.0 Å². The van der Waals surface area contributed by atoms with Crippen LogP contribution in [0.25, 0.3) is 39.1 Å². The van der Waals surface area contributed by atoms with Crippen molar-refractivity contribution in [1.29, 1.82) is 0 Å². The largest absolute Gasteiger partial charge is 0.471 e. The number of hydrogen-bond acceptors (Lipinski definition) is 9. The number of ether oxygens (including phenoxy) is 1. The highest BCUT2D eigenvalue weighted by Crippen LogP contribution is 2.31. The summed E-state index contributed by atoms with van der Waals surface area (Å²) in [6.45, 7) is 0.998. The van der Waals surface area contributed by atoms with E-state index >= 15 is 8.78 Å². The van der Waals surface area contributed by atoms with Gasteiger partial charge in [-0.1, -0.05) is 47.7 Å². The van der Waals surface area contributed by atoms with Crippen molar-refractivity contribution in [2.75, 3.05) is 23.6 Å². The number of nitrogens with zero attached hydrogens (tertiary/aromatic N) is 6. The lowest BCUT2D eigenvalue weighted by molar-refractivity contribution is -0.129. The Kier molecular flexibility index (Phi) is 8.73. The molecule has 0 spiro atoms. The highest BCUT2D eigenvalue weighted by Gasteiger charge is 2.28. The van der Waals surface area contributed by atoms with Crippen LogP contribution in [0, 0.1) is 11.6 Å². The Labute approximate surface area is 284 Å². The lowest BCUT2D eigenvalue weighted by Crippen LogP contribution is -2.31. The van der Waals surface area contributed by atoms with Crippen molar-refractivity contribution < 1.29 is 26.7 Å². The molecule has 0 unspecified atom stereocenters. The standard InChI is InChI=1S/C33H28F2N8O4S2/c34-26-9-10-27(40-49(45,46)24-8-4-7-21(15-24)20-5-2-1-3-6-20)30(35)31(26)43-19-28(37-41-43)22-16-25-32(36-17-22)38-39-33(25)47-23-11-13-42(18-23)29(44)12-14-48/h1-10,15-17,19,23,40,48H,11-14,18H2,(H,36,38,39)/t23-/m1/s1. The van der Waals surface area contributed by atoms with Gasteiger partial charge in [0.25, 0.3) is 10.0 Å². The van der Waals surface area contributed by atoms with Crippen molar-refractivity contribution in [1.82, 2.24) is 35.1 Å². The Balaban J connectivity index is 1.12. The van der Waals surface area contributed by atoms with E-state index in [1.807, 2.05) is 30.3 Å². The van der Waals surface area contributed by atoms with E-state index < -0.39 is 33.0 Å². The third-order valence-electron chi connectivity index (χ3n) is 8.06. The lowest BCUT2D eigenvalue weighted by atomic mass is 10.1. The number of nitrogens with one attached hydrogen (secondary N) is 2. The average Bonchev–Trinajstić information content (AvgIpc) is 3.88. The Morgan fingerprint density at radius 2 is 1.86 bits per heavy atom. The number of thiol groups is 1. The molecule has 7 rings (SSSR count). The summed E-state index contributed by atoms with van der Waals surface area (Å²) >= 11 is 4.13. The second kappa shape index (κ2) is 13.3. The van der Waals surface area contributed by atoms with E-state index in [1.54, 1.807) is 23.1 Å². The Hall–Kier alpha value is -5.35. The van der Waals surface area contributed by atoms with Gasteiger partial charge in [0.05, 0.1) is 28.7 Å². The first kappa shape index (κ1) is 32.2. The first-order chi connectivity index (χ1) is 23.7. The van der Waals surface area contributed by atoms with E-state index in [1.165, 1.54) is 24.5 Å². The van der Waals surface area contributed by atoms with Crippen molar-refractivity contribution in [2.24, 2.45) is 0 Å². The van der Waals surface area contributed by atoms with E-state index in [2.05, 4.69) is 42.8 Å². The monoisotopic (exact) mass is 702 g/mol. The third kappa shape index (κ3) is 6.56. The van der Waals surface area contributed by atoms with Crippen LogP contribution in [-0.2, 0) is 14.8 Å².